The molecule has 3 aromatic rings. The smallest absolute Gasteiger partial charge is 0.193 e. The Labute approximate surface area is 162 Å². The summed E-state index contributed by atoms with van der Waals surface area (Å²) in [5, 5.41) is 6.12. The zero-order chi connectivity index (χ0) is 19.7. The molecule has 1 atom stereocenters. The van der Waals surface area contributed by atoms with Crippen LogP contribution in [0.3, 0.4) is 0 Å². The van der Waals surface area contributed by atoms with Gasteiger partial charge in [0, 0.05) is 43.2 Å². The summed E-state index contributed by atoms with van der Waals surface area (Å²) in [5.74, 6) is 1.10. The van der Waals surface area contributed by atoms with Crippen LogP contribution in [0.5, 0.6) is 11.5 Å². The predicted octanol–water partition coefficient (Wildman–Crippen LogP) is 2.89. The van der Waals surface area contributed by atoms with E-state index >= 15 is 0 Å². The molecule has 4 rings (SSSR count). The van der Waals surface area contributed by atoms with Crippen LogP contribution in [-0.4, -0.2) is 54.8 Å². The first-order valence-corrected chi connectivity index (χ1v) is 8.87. The van der Waals surface area contributed by atoms with Gasteiger partial charge in [0.25, 0.3) is 0 Å². The van der Waals surface area contributed by atoms with Crippen molar-refractivity contribution in [2.45, 2.75) is 5.92 Å². The molecule has 1 aromatic heterocycles. The van der Waals surface area contributed by atoms with E-state index in [9.17, 15) is 4.79 Å². The summed E-state index contributed by atoms with van der Waals surface area (Å²) in [6.45, 7) is 0.766. The van der Waals surface area contributed by atoms with Gasteiger partial charge in [-0.15, -0.1) is 0 Å². The molecule has 0 N–H and O–H groups in total. The van der Waals surface area contributed by atoms with Gasteiger partial charge in [0.05, 0.1) is 36.9 Å². The summed E-state index contributed by atoms with van der Waals surface area (Å²) in [6.07, 6.45) is 3.64. The lowest BCUT2D eigenvalue weighted by molar-refractivity contribution is 0.103. The highest BCUT2D eigenvalue weighted by Gasteiger charge is 2.19. The van der Waals surface area contributed by atoms with Gasteiger partial charge in [0.1, 0.15) is 11.5 Å². The van der Waals surface area contributed by atoms with Crippen molar-refractivity contribution in [2.75, 3.05) is 27.8 Å². The molecule has 7 heteroatoms. The van der Waals surface area contributed by atoms with E-state index in [0.29, 0.717) is 28.1 Å². The molecular weight excluding hydrogens is 356 g/mol. The number of aromatic nitrogens is 2. The van der Waals surface area contributed by atoms with Crippen LogP contribution in [-0.2, 0) is 0 Å². The van der Waals surface area contributed by atoms with E-state index in [-0.39, 0.29) is 11.7 Å². The van der Waals surface area contributed by atoms with Gasteiger partial charge in [0.2, 0.25) is 0 Å². The topological polar surface area (TPSA) is 76.9 Å². The molecule has 1 unspecified atom stereocenters. The fourth-order valence-corrected chi connectivity index (χ4v) is 3.19. The summed E-state index contributed by atoms with van der Waals surface area (Å²) >= 11 is 0. The van der Waals surface area contributed by atoms with Gasteiger partial charge in [0.15, 0.2) is 5.78 Å². The molecule has 0 saturated heterocycles. The standard InChI is InChI=1S/C21H20N4O3/c1-25-12-15(10-23-25)20-11-22-18-5-4-13(8-19(18)24-20)21(26)14-6-16(27-2)9-17(7-14)28-3/h4-11,15H,12H2,1-3H3. The van der Waals surface area contributed by atoms with Crippen LogP contribution in [0.15, 0.2) is 47.7 Å². The third-order valence-electron chi connectivity index (χ3n) is 4.72. The summed E-state index contributed by atoms with van der Waals surface area (Å²) in [5.41, 5.74) is 3.29. The van der Waals surface area contributed by atoms with Crippen molar-refractivity contribution in [1.82, 2.24) is 15.0 Å². The molecular formula is C21H20N4O3. The number of carbonyl (C=O) groups is 1. The second-order valence-electron chi connectivity index (χ2n) is 6.64. The molecule has 1 aliphatic rings. The van der Waals surface area contributed by atoms with Gasteiger partial charge >= 0.3 is 0 Å². The molecule has 0 spiro atoms. The van der Waals surface area contributed by atoms with Crippen molar-refractivity contribution in [3.63, 3.8) is 0 Å². The highest BCUT2D eigenvalue weighted by Crippen LogP contribution is 2.25. The second kappa shape index (κ2) is 7.26. The lowest BCUT2D eigenvalue weighted by atomic mass is 10.0. The number of likely N-dealkylation sites (N-methyl/N-ethyl adjacent to an activating group) is 1. The normalized spacial score (nSPS) is 15.8. The Bertz CT molecular complexity index is 1060. The van der Waals surface area contributed by atoms with Crippen LogP contribution < -0.4 is 9.47 Å². The maximum atomic E-state index is 13.0. The SMILES string of the molecule is COc1cc(OC)cc(C(=O)c2ccc3ncc(C4C=NN(C)C4)nc3c2)c1. The number of rotatable bonds is 5. The van der Waals surface area contributed by atoms with Crippen LogP contribution >= 0.6 is 0 Å². The molecule has 28 heavy (non-hydrogen) atoms. The first-order valence-electron chi connectivity index (χ1n) is 8.87. The summed E-state index contributed by atoms with van der Waals surface area (Å²) < 4.78 is 10.5. The lowest BCUT2D eigenvalue weighted by Gasteiger charge is -2.11. The molecule has 0 aliphatic carbocycles. The van der Waals surface area contributed by atoms with E-state index in [1.165, 1.54) is 0 Å². The van der Waals surface area contributed by atoms with Gasteiger partial charge < -0.3 is 9.47 Å². The van der Waals surface area contributed by atoms with Crippen LogP contribution in [0.2, 0.25) is 0 Å². The van der Waals surface area contributed by atoms with E-state index < -0.39 is 0 Å². The van der Waals surface area contributed by atoms with E-state index in [0.717, 1.165) is 17.8 Å². The number of hydrazone groups is 1. The molecule has 0 bridgehead atoms. The molecule has 7 nitrogen and oxygen atoms in total. The summed E-state index contributed by atoms with van der Waals surface area (Å²) in [6, 6.07) is 10.5. The average Bonchev–Trinajstić information content (AvgIpc) is 3.18. The zero-order valence-corrected chi connectivity index (χ0v) is 15.9. The lowest BCUT2D eigenvalue weighted by Crippen LogP contribution is -2.13. The average molecular weight is 376 g/mol. The summed E-state index contributed by atoms with van der Waals surface area (Å²) in [4.78, 5) is 22.2. The monoisotopic (exact) mass is 376 g/mol. The predicted molar refractivity (Wildman–Crippen MR) is 106 cm³/mol. The number of carbonyl (C=O) groups excluding carboxylic acids is 1. The third kappa shape index (κ3) is 3.38. The van der Waals surface area contributed by atoms with E-state index in [4.69, 9.17) is 14.5 Å². The van der Waals surface area contributed by atoms with Crippen molar-refractivity contribution in [3.8, 4) is 11.5 Å². The molecule has 2 heterocycles. The Hall–Kier alpha value is -3.48. The molecule has 142 valence electrons. The fraction of sp³-hybridized carbons (Fsp3) is 0.238. The Kier molecular flexibility index (Phi) is 4.65. The number of fused-ring (bicyclic) bond motifs is 1. The molecule has 0 fully saturated rings. The number of hydrogen-bond donors (Lipinski definition) is 0. The quantitative estimate of drug-likeness (QED) is 0.637. The van der Waals surface area contributed by atoms with Crippen LogP contribution in [0.1, 0.15) is 27.5 Å². The number of hydrogen-bond acceptors (Lipinski definition) is 7. The molecule has 2 aromatic carbocycles. The van der Waals surface area contributed by atoms with Crippen molar-refractivity contribution in [1.29, 1.82) is 0 Å². The van der Waals surface area contributed by atoms with Crippen molar-refractivity contribution >= 4 is 23.0 Å². The van der Waals surface area contributed by atoms with Crippen molar-refractivity contribution < 1.29 is 14.3 Å². The van der Waals surface area contributed by atoms with Gasteiger partial charge in [-0.3, -0.25) is 14.8 Å². The zero-order valence-electron chi connectivity index (χ0n) is 15.9. The molecule has 0 amide bonds. The largest absolute Gasteiger partial charge is 0.497 e. The van der Waals surface area contributed by atoms with Gasteiger partial charge in [-0.1, -0.05) is 0 Å². The Morgan fingerprint density at radius 2 is 1.79 bits per heavy atom. The number of benzene rings is 2. The van der Waals surface area contributed by atoms with Gasteiger partial charge in [-0.05, 0) is 30.3 Å². The van der Waals surface area contributed by atoms with Crippen molar-refractivity contribution in [3.05, 3.63) is 59.4 Å². The van der Waals surface area contributed by atoms with E-state index in [1.54, 1.807) is 50.7 Å². The maximum absolute atomic E-state index is 13.0. The van der Waals surface area contributed by atoms with Gasteiger partial charge in [-0.25, -0.2) is 4.98 Å². The van der Waals surface area contributed by atoms with E-state index in [2.05, 4.69) is 10.1 Å². The Morgan fingerprint density at radius 3 is 2.43 bits per heavy atom. The van der Waals surface area contributed by atoms with E-state index in [1.807, 2.05) is 24.3 Å². The highest BCUT2D eigenvalue weighted by molar-refractivity contribution is 6.10. The number of ether oxygens (including phenoxy) is 2. The molecule has 0 radical (unpaired) electrons. The van der Waals surface area contributed by atoms with Crippen molar-refractivity contribution in [2.24, 2.45) is 5.10 Å². The van der Waals surface area contributed by atoms with Crippen LogP contribution in [0.4, 0.5) is 0 Å². The Balaban J connectivity index is 1.70. The maximum Gasteiger partial charge on any atom is 0.193 e. The van der Waals surface area contributed by atoms with Crippen LogP contribution in [0, 0.1) is 0 Å². The minimum Gasteiger partial charge on any atom is -0.497 e. The minimum absolute atomic E-state index is 0.101. The van der Waals surface area contributed by atoms with Crippen LogP contribution in [0.25, 0.3) is 11.0 Å². The summed E-state index contributed by atoms with van der Waals surface area (Å²) in [7, 11) is 5.03. The van der Waals surface area contributed by atoms with Gasteiger partial charge in [-0.2, -0.15) is 5.10 Å². The third-order valence-corrected chi connectivity index (χ3v) is 4.72. The first-order chi connectivity index (χ1) is 13.6. The fourth-order valence-electron chi connectivity index (χ4n) is 3.19. The molecule has 0 saturated carbocycles. The second-order valence-corrected chi connectivity index (χ2v) is 6.64. The minimum atomic E-state index is -0.131. The number of methoxy groups -OCH3 is 2. The highest BCUT2D eigenvalue weighted by atomic mass is 16.5. The number of ketones is 1. The molecule has 1 aliphatic heterocycles. The first kappa shape index (κ1) is 17.9. The number of nitrogens with zero attached hydrogens (tertiary/aromatic N) is 4. The Morgan fingerprint density at radius 1 is 1.04 bits per heavy atom.